The molecule has 0 aliphatic carbocycles. The van der Waals surface area contributed by atoms with E-state index in [-0.39, 0.29) is 22.1 Å². The number of carboxylic acids is 1. The monoisotopic (exact) mass is 416 g/mol. The lowest BCUT2D eigenvalue weighted by molar-refractivity contribution is -0.143. The van der Waals surface area contributed by atoms with E-state index in [9.17, 15) is 18.0 Å². The normalized spacial score (nSPS) is 15.2. The van der Waals surface area contributed by atoms with Gasteiger partial charge in [-0.05, 0) is 56.0 Å². The summed E-state index contributed by atoms with van der Waals surface area (Å²) in [7, 11) is -3.87. The van der Waals surface area contributed by atoms with Gasteiger partial charge in [0.25, 0.3) is 15.9 Å². The van der Waals surface area contributed by atoms with Gasteiger partial charge in [-0.1, -0.05) is 24.3 Å². The van der Waals surface area contributed by atoms with E-state index in [4.69, 9.17) is 5.11 Å². The van der Waals surface area contributed by atoms with Gasteiger partial charge in [0.15, 0.2) is 0 Å². The Kier molecular flexibility index (Phi) is 5.93. The molecule has 1 heterocycles. The van der Waals surface area contributed by atoms with Gasteiger partial charge >= 0.3 is 5.97 Å². The molecule has 0 radical (unpaired) electrons. The lowest BCUT2D eigenvalue weighted by atomic mass is 9.96. The van der Waals surface area contributed by atoms with Crippen molar-refractivity contribution in [1.82, 2.24) is 4.90 Å². The van der Waals surface area contributed by atoms with Gasteiger partial charge in [-0.15, -0.1) is 0 Å². The fourth-order valence-corrected chi connectivity index (χ4v) is 4.87. The minimum absolute atomic E-state index is 0.169. The van der Waals surface area contributed by atoms with E-state index in [1.807, 2.05) is 13.0 Å². The highest BCUT2D eigenvalue weighted by atomic mass is 32.2. The number of anilines is 1. The number of piperidine rings is 1. The molecule has 0 unspecified atom stereocenters. The van der Waals surface area contributed by atoms with Gasteiger partial charge in [-0.25, -0.2) is 8.42 Å². The van der Waals surface area contributed by atoms with Crippen molar-refractivity contribution < 1.29 is 23.1 Å². The Morgan fingerprint density at radius 1 is 1.07 bits per heavy atom. The highest BCUT2D eigenvalue weighted by molar-refractivity contribution is 7.92. The van der Waals surface area contributed by atoms with Gasteiger partial charge in [0.05, 0.1) is 22.1 Å². The van der Waals surface area contributed by atoms with Crippen molar-refractivity contribution in [3.05, 3.63) is 59.2 Å². The third kappa shape index (κ3) is 4.59. The first-order chi connectivity index (χ1) is 13.7. The number of amides is 1. The van der Waals surface area contributed by atoms with Crippen molar-refractivity contribution in [2.75, 3.05) is 17.8 Å². The molecule has 8 heteroatoms. The minimum Gasteiger partial charge on any atom is -0.481 e. The second-order valence-corrected chi connectivity index (χ2v) is 8.98. The van der Waals surface area contributed by atoms with Gasteiger partial charge < -0.3 is 10.0 Å². The Hall–Kier alpha value is -2.87. The first-order valence-electron chi connectivity index (χ1n) is 9.40. The summed E-state index contributed by atoms with van der Waals surface area (Å²) in [6, 6.07) is 11.6. The predicted molar refractivity (Wildman–Crippen MR) is 109 cm³/mol. The van der Waals surface area contributed by atoms with Crippen LogP contribution in [0.5, 0.6) is 0 Å². The van der Waals surface area contributed by atoms with Crippen LogP contribution in [0.2, 0.25) is 0 Å². The molecule has 1 fully saturated rings. The Morgan fingerprint density at radius 3 is 2.38 bits per heavy atom. The van der Waals surface area contributed by atoms with E-state index in [1.165, 1.54) is 0 Å². The average Bonchev–Trinajstić information content (AvgIpc) is 2.69. The minimum atomic E-state index is -3.87. The molecule has 154 valence electrons. The number of hydrogen-bond acceptors (Lipinski definition) is 4. The zero-order valence-electron chi connectivity index (χ0n) is 16.4. The number of rotatable bonds is 5. The maximum absolute atomic E-state index is 13.0. The zero-order chi connectivity index (χ0) is 21.2. The number of carbonyl (C=O) groups excluding carboxylic acids is 1. The molecule has 3 rings (SSSR count). The number of nitrogens with one attached hydrogen (secondary N) is 1. The van der Waals surface area contributed by atoms with E-state index in [0.717, 1.165) is 5.56 Å². The van der Waals surface area contributed by atoms with Crippen LogP contribution in [0, 0.1) is 19.8 Å². The van der Waals surface area contributed by atoms with Crippen LogP contribution in [0.15, 0.2) is 47.4 Å². The Labute approximate surface area is 170 Å². The highest BCUT2D eigenvalue weighted by Gasteiger charge is 2.29. The van der Waals surface area contributed by atoms with Crippen molar-refractivity contribution in [2.24, 2.45) is 5.92 Å². The number of nitrogens with zero attached hydrogens (tertiary/aromatic N) is 1. The number of aryl methyl sites for hydroxylation is 2. The van der Waals surface area contributed by atoms with Crippen molar-refractivity contribution >= 4 is 27.6 Å². The lowest BCUT2D eigenvalue weighted by Crippen LogP contribution is -2.40. The Bertz CT molecular complexity index is 1040. The first kappa shape index (κ1) is 20.9. The number of sulfonamides is 1. The second-order valence-electron chi connectivity index (χ2n) is 7.32. The van der Waals surface area contributed by atoms with Crippen LogP contribution in [0.3, 0.4) is 0 Å². The summed E-state index contributed by atoms with van der Waals surface area (Å²) in [6.45, 7) is 4.19. The van der Waals surface area contributed by atoms with E-state index < -0.39 is 21.9 Å². The fourth-order valence-electron chi connectivity index (χ4n) is 3.46. The summed E-state index contributed by atoms with van der Waals surface area (Å²) >= 11 is 0. The summed E-state index contributed by atoms with van der Waals surface area (Å²) in [6.07, 6.45) is 0.773. The number of carbonyl (C=O) groups is 2. The largest absolute Gasteiger partial charge is 0.481 e. The third-order valence-electron chi connectivity index (χ3n) is 5.17. The van der Waals surface area contributed by atoms with Crippen LogP contribution < -0.4 is 4.72 Å². The smallest absolute Gasteiger partial charge is 0.306 e. The fraction of sp³-hybridized carbons (Fsp3) is 0.333. The van der Waals surface area contributed by atoms with E-state index in [2.05, 4.69) is 4.72 Å². The first-order valence-corrected chi connectivity index (χ1v) is 10.9. The quantitative estimate of drug-likeness (QED) is 0.780. The van der Waals surface area contributed by atoms with Crippen LogP contribution in [-0.4, -0.2) is 43.4 Å². The van der Waals surface area contributed by atoms with Gasteiger partial charge in [0.2, 0.25) is 0 Å². The molecule has 29 heavy (non-hydrogen) atoms. The SMILES string of the molecule is Cc1ccc(C)c(S(=O)(=O)Nc2ccccc2C(=O)N2CCC(C(=O)O)CC2)c1. The molecule has 7 nitrogen and oxygen atoms in total. The van der Waals surface area contributed by atoms with E-state index in [0.29, 0.717) is 31.5 Å². The number of benzene rings is 2. The summed E-state index contributed by atoms with van der Waals surface area (Å²) in [4.78, 5) is 25.8. The molecule has 2 aromatic carbocycles. The molecule has 0 saturated carbocycles. The summed E-state index contributed by atoms with van der Waals surface area (Å²) < 4.78 is 28.4. The van der Waals surface area contributed by atoms with E-state index >= 15 is 0 Å². The van der Waals surface area contributed by atoms with Crippen molar-refractivity contribution in [2.45, 2.75) is 31.6 Å². The maximum Gasteiger partial charge on any atom is 0.306 e. The van der Waals surface area contributed by atoms with Crippen LogP contribution in [-0.2, 0) is 14.8 Å². The number of likely N-dealkylation sites (tertiary alicyclic amines) is 1. The molecule has 0 aromatic heterocycles. The van der Waals surface area contributed by atoms with Gasteiger partial charge in [0.1, 0.15) is 0 Å². The topological polar surface area (TPSA) is 104 Å². The highest BCUT2D eigenvalue weighted by Crippen LogP contribution is 2.26. The predicted octanol–water partition coefficient (Wildman–Crippen LogP) is 3.04. The molecule has 1 saturated heterocycles. The van der Waals surface area contributed by atoms with Gasteiger partial charge in [0, 0.05) is 13.1 Å². The molecular weight excluding hydrogens is 392 g/mol. The van der Waals surface area contributed by atoms with Gasteiger partial charge in [-0.3, -0.25) is 14.3 Å². The summed E-state index contributed by atoms with van der Waals surface area (Å²) in [5, 5.41) is 9.12. The van der Waals surface area contributed by atoms with Crippen LogP contribution in [0.1, 0.15) is 34.3 Å². The number of para-hydroxylation sites is 1. The van der Waals surface area contributed by atoms with Crippen molar-refractivity contribution in [3.8, 4) is 0 Å². The molecule has 2 N–H and O–H groups in total. The molecule has 1 amide bonds. The Morgan fingerprint density at radius 2 is 1.72 bits per heavy atom. The van der Waals surface area contributed by atoms with Crippen LogP contribution in [0.25, 0.3) is 0 Å². The van der Waals surface area contributed by atoms with E-state index in [1.54, 1.807) is 48.2 Å². The molecular formula is C21H24N2O5S. The zero-order valence-corrected chi connectivity index (χ0v) is 17.2. The van der Waals surface area contributed by atoms with Crippen molar-refractivity contribution in [1.29, 1.82) is 0 Å². The van der Waals surface area contributed by atoms with Crippen LogP contribution >= 0.6 is 0 Å². The molecule has 2 aromatic rings. The standard InChI is InChI=1S/C21H24N2O5S/c1-14-7-8-15(2)19(13-14)29(27,28)22-18-6-4-3-5-17(18)20(24)23-11-9-16(10-12-23)21(25)26/h3-8,13,16,22H,9-12H2,1-2H3,(H,25,26). The number of carboxylic acid groups (broad SMARTS) is 1. The molecule has 1 aliphatic rings. The molecule has 1 aliphatic heterocycles. The average molecular weight is 416 g/mol. The van der Waals surface area contributed by atoms with Crippen molar-refractivity contribution in [3.63, 3.8) is 0 Å². The van der Waals surface area contributed by atoms with Crippen LogP contribution in [0.4, 0.5) is 5.69 Å². The molecule has 0 atom stereocenters. The number of hydrogen-bond donors (Lipinski definition) is 2. The number of aliphatic carboxylic acids is 1. The lowest BCUT2D eigenvalue weighted by Gasteiger charge is -2.30. The third-order valence-corrected chi connectivity index (χ3v) is 6.67. The molecule has 0 bridgehead atoms. The van der Waals surface area contributed by atoms with Gasteiger partial charge in [-0.2, -0.15) is 0 Å². The maximum atomic E-state index is 13.0. The summed E-state index contributed by atoms with van der Waals surface area (Å²) in [5.41, 5.74) is 1.89. The Balaban J connectivity index is 1.85. The second kappa shape index (κ2) is 8.24. The molecule has 0 spiro atoms. The summed E-state index contributed by atoms with van der Waals surface area (Å²) in [5.74, 6) is -1.61.